The number of benzene rings is 1. The summed E-state index contributed by atoms with van der Waals surface area (Å²) in [5.41, 5.74) is 0.687. The van der Waals surface area contributed by atoms with Gasteiger partial charge in [-0.05, 0) is 24.1 Å². The van der Waals surface area contributed by atoms with Crippen LogP contribution in [0.25, 0.3) is 0 Å². The molecule has 4 nitrogen and oxygen atoms in total. The topological polar surface area (TPSA) is 41.9 Å². The van der Waals surface area contributed by atoms with Gasteiger partial charge in [0.25, 0.3) is 0 Å². The zero-order valence-corrected chi connectivity index (χ0v) is 13.4. The van der Waals surface area contributed by atoms with Crippen molar-refractivity contribution in [1.82, 2.24) is 4.90 Å². The van der Waals surface area contributed by atoms with Crippen LogP contribution in [0.15, 0.2) is 16.6 Å². The number of fused-ring (bicyclic) bond motifs is 1. The Kier molecular flexibility index (Phi) is 5.94. The van der Waals surface area contributed by atoms with E-state index in [9.17, 15) is 13.2 Å². The van der Waals surface area contributed by atoms with Crippen LogP contribution < -0.4 is 9.47 Å². The van der Waals surface area contributed by atoms with E-state index < -0.39 is 12.7 Å². The number of nitrogens with zero attached hydrogens (tertiary/aromatic N) is 1. The van der Waals surface area contributed by atoms with E-state index >= 15 is 0 Å². The summed E-state index contributed by atoms with van der Waals surface area (Å²) in [6, 6.07) is 3.41. The number of aliphatic hydroxyl groups is 1. The smallest absolute Gasteiger partial charge is 0.401 e. The Balaban J connectivity index is 2.14. The van der Waals surface area contributed by atoms with Gasteiger partial charge >= 0.3 is 6.18 Å². The van der Waals surface area contributed by atoms with Gasteiger partial charge in [0.1, 0.15) is 13.2 Å². The first-order valence-electron chi connectivity index (χ1n) is 6.87. The van der Waals surface area contributed by atoms with Gasteiger partial charge in [0.2, 0.25) is 0 Å². The summed E-state index contributed by atoms with van der Waals surface area (Å²) >= 11 is 3.36. The molecule has 0 saturated heterocycles. The Bertz CT molecular complexity index is 511. The van der Waals surface area contributed by atoms with Gasteiger partial charge in [-0.15, -0.1) is 0 Å². The third-order valence-electron chi connectivity index (χ3n) is 3.14. The minimum Gasteiger partial charge on any atom is -0.486 e. The van der Waals surface area contributed by atoms with Gasteiger partial charge in [-0.2, -0.15) is 13.2 Å². The van der Waals surface area contributed by atoms with Crippen molar-refractivity contribution in [3.05, 3.63) is 22.2 Å². The van der Waals surface area contributed by atoms with Gasteiger partial charge in [0.15, 0.2) is 11.5 Å². The standard InChI is InChI=1S/C14H17BrF3NO3/c15-11-7-13-12(21-4-5-22-13)6-10(11)8-19(2-1-3-20)9-14(16,17)18/h6-7,20H,1-5,8-9H2. The van der Waals surface area contributed by atoms with E-state index in [1.807, 2.05) is 0 Å². The lowest BCUT2D eigenvalue weighted by atomic mass is 10.1. The largest absolute Gasteiger partial charge is 0.486 e. The number of hydrogen-bond acceptors (Lipinski definition) is 4. The minimum atomic E-state index is -4.28. The van der Waals surface area contributed by atoms with E-state index in [2.05, 4.69) is 15.9 Å². The van der Waals surface area contributed by atoms with Crippen LogP contribution in [0.5, 0.6) is 11.5 Å². The molecule has 1 heterocycles. The molecule has 1 aromatic carbocycles. The van der Waals surface area contributed by atoms with E-state index in [-0.39, 0.29) is 26.1 Å². The highest BCUT2D eigenvalue weighted by molar-refractivity contribution is 9.10. The molecule has 0 saturated carbocycles. The molecule has 0 bridgehead atoms. The first-order valence-corrected chi connectivity index (χ1v) is 7.66. The maximum Gasteiger partial charge on any atom is 0.401 e. The molecular formula is C14H17BrF3NO3. The summed E-state index contributed by atoms with van der Waals surface area (Å²) < 4.78 is 49.5. The summed E-state index contributed by atoms with van der Waals surface area (Å²) in [6.07, 6.45) is -3.99. The molecule has 0 aromatic heterocycles. The van der Waals surface area contributed by atoms with Crippen molar-refractivity contribution in [2.75, 3.05) is 32.9 Å². The van der Waals surface area contributed by atoms with Gasteiger partial charge in [-0.1, -0.05) is 15.9 Å². The number of hydrogen-bond donors (Lipinski definition) is 1. The second kappa shape index (κ2) is 7.52. The number of alkyl halides is 3. The molecular weight excluding hydrogens is 367 g/mol. The van der Waals surface area contributed by atoms with Crippen molar-refractivity contribution in [3.63, 3.8) is 0 Å². The van der Waals surface area contributed by atoms with E-state index in [1.165, 1.54) is 4.90 Å². The Labute approximate surface area is 134 Å². The minimum absolute atomic E-state index is 0.108. The molecule has 1 aliphatic heterocycles. The predicted molar refractivity (Wildman–Crippen MR) is 78.2 cm³/mol. The van der Waals surface area contributed by atoms with Crippen molar-refractivity contribution < 1.29 is 27.8 Å². The van der Waals surface area contributed by atoms with Crippen LogP contribution in [0.4, 0.5) is 13.2 Å². The van der Waals surface area contributed by atoms with Crippen LogP contribution in [0.3, 0.4) is 0 Å². The van der Waals surface area contributed by atoms with Crippen LogP contribution >= 0.6 is 15.9 Å². The molecule has 124 valence electrons. The monoisotopic (exact) mass is 383 g/mol. The maximum atomic E-state index is 12.6. The fourth-order valence-corrected chi connectivity index (χ4v) is 2.68. The Hall–Kier alpha value is -0.990. The van der Waals surface area contributed by atoms with Crippen molar-refractivity contribution in [3.8, 4) is 11.5 Å². The molecule has 22 heavy (non-hydrogen) atoms. The molecule has 0 amide bonds. The Morgan fingerprint density at radius 3 is 2.41 bits per heavy atom. The number of halogens is 4. The number of rotatable bonds is 6. The fraction of sp³-hybridized carbons (Fsp3) is 0.571. The molecule has 0 fully saturated rings. The molecule has 0 spiro atoms. The zero-order chi connectivity index (χ0) is 16.2. The molecule has 1 N–H and O–H groups in total. The highest BCUT2D eigenvalue weighted by Crippen LogP contribution is 2.36. The number of ether oxygens (including phenoxy) is 2. The summed E-state index contributed by atoms with van der Waals surface area (Å²) in [5, 5.41) is 8.84. The molecule has 2 rings (SSSR count). The van der Waals surface area contributed by atoms with Crippen molar-refractivity contribution in [2.45, 2.75) is 19.1 Å². The molecule has 0 atom stereocenters. The SMILES string of the molecule is OCCCN(Cc1cc2c(cc1Br)OCCO2)CC(F)(F)F. The van der Waals surface area contributed by atoms with Crippen molar-refractivity contribution in [1.29, 1.82) is 0 Å². The van der Waals surface area contributed by atoms with E-state index in [0.29, 0.717) is 34.7 Å². The summed E-state index contributed by atoms with van der Waals surface area (Å²) in [5.74, 6) is 1.12. The molecule has 0 unspecified atom stereocenters. The Morgan fingerprint density at radius 1 is 1.18 bits per heavy atom. The normalized spacial score (nSPS) is 14.5. The average molecular weight is 384 g/mol. The highest BCUT2D eigenvalue weighted by Gasteiger charge is 2.31. The van der Waals surface area contributed by atoms with Gasteiger partial charge < -0.3 is 14.6 Å². The lowest BCUT2D eigenvalue weighted by Gasteiger charge is -2.25. The second-order valence-corrected chi connectivity index (χ2v) is 5.84. The van der Waals surface area contributed by atoms with Crippen LogP contribution in [-0.2, 0) is 6.54 Å². The highest BCUT2D eigenvalue weighted by atomic mass is 79.9. The third kappa shape index (κ3) is 5.03. The first kappa shape index (κ1) is 17.4. The molecule has 0 radical (unpaired) electrons. The average Bonchev–Trinajstić information content (AvgIpc) is 2.44. The van der Waals surface area contributed by atoms with E-state index in [4.69, 9.17) is 14.6 Å². The van der Waals surface area contributed by atoms with Crippen LogP contribution in [-0.4, -0.2) is 49.1 Å². The van der Waals surface area contributed by atoms with Crippen LogP contribution in [0, 0.1) is 0 Å². The second-order valence-electron chi connectivity index (χ2n) is 4.99. The first-order chi connectivity index (χ1) is 10.4. The van der Waals surface area contributed by atoms with Gasteiger partial charge in [-0.3, -0.25) is 4.90 Å². The van der Waals surface area contributed by atoms with Crippen molar-refractivity contribution >= 4 is 15.9 Å². The molecule has 1 aromatic rings. The van der Waals surface area contributed by atoms with Crippen molar-refractivity contribution in [2.24, 2.45) is 0 Å². The lowest BCUT2D eigenvalue weighted by molar-refractivity contribution is -0.147. The zero-order valence-electron chi connectivity index (χ0n) is 11.8. The fourth-order valence-electron chi connectivity index (χ4n) is 2.23. The quantitative estimate of drug-likeness (QED) is 0.819. The van der Waals surface area contributed by atoms with Crippen LogP contribution in [0.1, 0.15) is 12.0 Å². The molecule has 8 heteroatoms. The van der Waals surface area contributed by atoms with E-state index in [0.717, 1.165) is 0 Å². The lowest BCUT2D eigenvalue weighted by Crippen LogP contribution is -2.35. The maximum absolute atomic E-state index is 12.6. The predicted octanol–water partition coefficient (Wildman–Crippen LogP) is 2.97. The molecule has 1 aliphatic rings. The van der Waals surface area contributed by atoms with Gasteiger partial charge in [0, 0.05) is 24.2 Å². The summed E-state index contributed by atoms with van der Waals surface area (Å²) in [4.78, 5) is 1.26. The summed E-state index contributed by atoms with van der Waals surface area (Å²) in [6.45, 7) is -0.0154. The van der Waals surface area contributed by atoms with Gasteiger partial charge in [0.05, 0.1) is 6.54 Å². The third-order valence-corrected chi connectivity index (χ3v) is 3.88. The summed E-state index contributed by atoms with van der Waals surface area (Å²) in [7, 11) is 0. The van der Waals surface area contributed by atoms with Crippen LogP contribution in [0.2, 0.25) is 0 Å². The van der Waals surface area contributed by atoms with Gasteiger partial charge in [-0.25, -0.2) is 0 Å². The number of aliphatic hydroxyl groups excluding tert-OH is 1. The Morgan fingerprint density at radius 2 is 1.82 bits per heavy atom. The van der Waals surface area contributed by atoms with E-state index in [1.54, 1.807) is 12.1 Å². The molecule has 0 aliphatic carbocycles.